The quantitative estimate of drug-likeness (QED) is 0.334. The van der Waals surface area contributed by atoms with Gasteiger partial charge in [0.2, 0.25) is 0 Å². The molecular formula is C30H28N6O2. The molecule has 1 aliphatic heterocycles. The monoisotopic (exact) mass is 504 g/mol. The molecule has 1 aliphatic rings. The number of fused-ring (bicyclic) bond motifs is 1. The lowest BCUT2D eigenvalue weighted by atomic mass is 10.0. The fourth-order valence-electron chi connectivity index (χ4n) is 4.79. The van der Waals surface area contributed by atoms with E-state index < -0.39 is 0 Å². The zero-order chi connectivity index (χ0) is 25.7. The minimum Gasteiger partial charge on any atom is -0.379 e. The van der Waals surface area contributed by atoms with Crippen LogP contribution in [0, 0.1) is 0 Å². The van der Waals surface area contributed by atoms with Gasteiger partial charge in [-0.15, -0.1) is 0 Å². The lowest BCUT2D eigenvalue weighted by Gasteiger charge is -2.26. The zero-order valence-corrected chi connectivity index (χ0v) is 20.9. The number of carbonyl (C=O) groups is 1. The molecule has 0 aliphatic carbocycles. The number of ether oxygens (including phenoxy) is 1. The first-order valence-corrected chi connectivity index (χ1v) is 12.7. The van der Waals surface area contributed by atoms with Crippen molar-refractivity contribution in [3.8, 4) is 11.1 Å². The number of carbonyl (C=O) groups excluding carboxylic acids is 1. The second-order valence-corrected chi connectivity index (χ2v) is 9.50. The summed E-state index contributed by atoms with van der Waals surface area (Å²) in [5.74, 6) is -0.286. The summed E-state index contributed by atoms with van der Waals surface area (Å²) in [7, 11) is 0. The van der Waals surface area contributed by atoms with Crippen LogP contribution in [0.1, 0.15) is 27.2 Å². The van der Waals surface area contributed by atoms with E-state index in [2.05, 4.69) is 48.6 Å². The molecule has 4 heterocycles. The molecule has 8 heteroatoms. The van der Waals surface area contributed by atoms with Gasteiger partial charge in [-0.05, 0) is 52.9 Å². The van der Waals surface area contributed by atoms with Gasteiger partial charge in [0.15, 0.2) is 5.69 Å². The molecule has 6 rings (SSSR count). The van der Waals surface area contributed by atoms with Crippen molar-refractivity contribution in [1.82, 2.24) is 25.1 Å². The number of hydrogen-bond acceptors (Lipinski definition) is 6. The highest BCUT2D eigenvalue weighted by atomic mass is 16.5. The average Bonchev–Trinajstić information content (AvgIpc) is 3.38. The minimum absolute atomic E-state index is 0.286. The number of nitrogens with one attached hydrogen (secondary N) is 2. The zero-order valence-electron chi connectivity index (χ0n) is 20.9. The molecule has 0 bridgehead atoms. The van der Waals surface area contributed by atoms with Crippen LogP contribution >= 0.6 is 0 Å². The predicted molar refractivity (Wildman–Crippen MR) is 147 cm³/mol. The van der Waals surface area contributed by atoms with Crippen LogP contribution in [0.25, 0.3) is 22.0 Å². The van der Waals surface area contributed by atoms with Gasteiger partial charge in [-0.3, -0.25) is 24.8 Å². The van der Waals surface area contributed by atoms with Crippen LogP contribution in [0.2, 0.25) is 0 Å². The summed E-state index contributed by atoms with van der Waals surface area (Å²) in [4.78, 5) is 24.4. The van der Waals surface area contributed by atoms with Crippen molar-refractivity contribution in [3.63, 3.8) is 0 Å². The van der Waals surface area contributed by atoms with Gasteiger partial charge < -0.3 is 10.1 Å². The van der Waals surface area contributed by atoms with Crippen molar-refractivity contribution in [1.29, 1.82) is 0 Å². The third-order valence-electron chi connectivity index (χ3n) is 6.72. The molecule has 1 saturated heterocycles. The largest absolute Gasteiger partial charge is 0.379 e. The van der Waals surface area contributed by atoms with Gasteiger partial charge in [-0.25, -0.2) is 0 Å². The molecule has 3 aromatic heterocycles. The summed E-state index contributed by atoms with van der Waals surface area (Å²) in [5.41, 5.74) is 7.12. The summed E-state index contributed by atoms with van der Waals surface area (Å²) in [6.07, 6.45) is 7.98. The van der Waals surface area contributed by atoms with Gasteiger partial charge in [0.05, 0.1) is 30.6 Å². The molecule has 38 heavy (non-hydrogen) atoms. The normalized spacial score (nSPS) is 14.0. The molecule has 8 nitrogen and oxygen atoms in total. The average molecular weight is 505 g/mol. The summed E-state index contributed by atoms with van der Waals surface area (Å²) in [5, 5.41) is 11.0. The molecule has 0 saturated carbocycles. The third kappa shape index (κ3) is 5.46. The number of morpholine rings is 1. The fraction of sp³-hybridized carbons (Fsp3) is 0.200. The van der Waals surface area contributed by atoms with Crippen molar-refractivity contribution < 1.29 is 9.53 Å². The van der Waals surface area contributed by atoms with E-state index in [1.807, 2.05) is 61.1 Å². The SMILES string of the molecule is O=C(Nc1cncc(Cc2ccccc2)c1)c1n[nH]c2ccc(-c3cncc(CN4CCOCC4)c3)cc12. The minimum atomic E-state index is -0.286. The van der Waals surface area contributed by atoms with Crippen LogP contribution in [0.5, 0.6) is 0 Å². The van der Waals surface area contributed by atoms with Gasteiger partial charge in [-0.1, -0.05) is 36.4 Å². The number of amides is 1. The molecule has 2 aromatic carbocycles. The van der Waals surface area contributed by atoms with E-state index in [4.69, 9.17) is 4.74 Å². The van der Waals surface area contributed by atoms with Crippen LogP contribution in [0.15, 0.2) is 85.5 Å². The van der Waals surface area contributed by atoms with Gasteiger partial charge >= 0.3 is 0 Å². The molecule has 1 amide bonds. The van der Waals surface area contributed by atoms with Gasteiger partial charge in [-0.2, -0.15) is 5.10 Å². The van der Waals surface area contributed by atoms with Crippen molar-refractivity contribution in [2.45, 2.75) is 13.0 Å². The van der Waals surface area contributed by atoms with Crippen LogP contribution < -0.4 is 5.32 Å². The number of aromatic nitrogens is 4. The molecular weight excluding hydrogens is 476 g/mol. The maximum Gasteiger partial charge on any atom is 0.276 e. The Labute approximate surface area is 220 Å². The molecule has 0 atom stereocenters. The summed E-state index contributed by atoms with van der Waals surface area (Å²) in [6, 6.07) is 20.3. The Morgan fingerprint density at radius 1 is 0.868 bits per heavy atom. The second kappa shape index (κ2) is 10.9. The van der Waals surface area contributed by atoms with E-state index >= 15 is 0 Å². The molecule has 0 spiro atoms. The summed E-state index contributed by atoms with van der Waals surface area (Å²) in [6.45, 7) is 4.22. The van der Waals surface area contributed by atoms with E-state index in [1.54, 1.807) is 6.20 Å². The fourth-order valence-corrected chi connectivity index (χ4v) is 4.79. The number of anilines is 1. The number of hydrogen-bond donors (Lipinski definition) is 2. The first-order valence-electron chi connectivity index (χ1n) is 12.7. The Morgan fingerprint density at radius 3 is 2.55 bits per heavy atom. The highest BCUT2D eigenvalue weighted by Gasteiger charge is 2.16. The molecule has 190 valence electrons. The smallest absolute Gasteiger partial charge is 0.276 e. The van der Waals surface area contributed by atoms with Crippen LogP contribution in [-0.2, 0) is 17.7 Å². The standard InChI is InChI=1S/C30H28N6O2/c37-30(33-26-14-22(16-32-19-26)12-21-4-2-1-3-5-21)29-27-15-24(6-7-28(27)34-35-29)25-13-23(17-31-18-25)20-36-8-10-38-11-9-36/h1-7,13-19H,8-12,20H2,(H,33,37)(H,34,35). The van der Waals surface area contributed by atoms with Gasteiger partial charge in [0.25, 0.3) is 5.91 Å². The second-order valence-electron chi connectivity index (χ2n) is 9.50. The number of pyridine rings is 2. The van der Waals surface area contributed by atoms with Gasteiger partial charge in [0, 0.05) is 49.2 Å². The highest BCUT2D eigenvalue weighted by Crippen LogP contribution is 2.26. The van der Waals surface area contributed by atoms with E-state index in [1.165, 1.54) is 5.56 Å². The van der Waals surface area contributed by atoms with E-state index in [0.717, 1.165) is 72.4 Å². The highest BCUT2D eigenvalue weighted by molar-refractivity contribution is 6.11. The predicted octanol–water partition coefficient (Wildman–Crippen LogP) is 4.70. The third-order valence-corrected chi connectivity index (χ3v) is 6.72. The molecule has 5 aromatic rings. The summed E-state index contributed by atoms with van der Waals surface area (Å²) >= 11 is 0. The first-order chi connectivity index (χ1) is 18.7. The van der Waals surface area contributed by atoms with Gasteiger partial charge in [0.1, 0.15) is 0 Å². The van der Waals surface area contributed by atoms with Crippen molar-refractivity contribution in [3.05, 3.63) is 108 Å². The molecule has 2 N–H and O–H groups in total. The molecule has 1 fully saturated rings. The molecule has 0 radical (unpaired) electrons. The van der Waals surface area contributed by atoms with E-state index in [-0.39, 0.29) is 5.91 Å². The number of benzene rings is 2. The van der Waals surface area contributed by atoms with E-state index in [9.17, 15) is 4.79 Å². The number of rotatable bonds is 7. The topological polar surface area (TPSA) is 96.0 Å². The Bertz CT molecular complexity index is 1560. The Kier molecular flexibility index (Phi) is 6.89. The van der Waals surface area contributed by atoms with Crippen molar-refractivity contribution in [2.75, 3.05) is 31.6 Å². The maximum absolute atomic E-state index is 13.2. The molecule has 0 unspecified atom stereocenters. The summed E-state index contributed by atoms with van der Waals surface area (Å²) < 4.78 is 5.46. The Morgan fingerprint density at radius 2 is 1.68 bits per heavy atom. The van der Waals surface area contributed by atoms with Crippen LogP contribution in [0.3, 0.4) is 0 Å². The van der Waals surface area contributed by atoms with Crippen molar-refractivity contribution >= 4 is 22.5 Å². The van der Waals surface area contributed by atoms with E-state index in [0.29, 0.717) is 11.4 Å². The Hall–Kier alpha value is -4.40. The van der Waals surface area contributed by atoms with Crippen LogP contribution in [-0.4, -0.2) is 57.3 Å². The first kappa shape index (κ1) is 24.0. The lowest BCUT2D eigenvalue weighted by molar-refractivity contribution is 0.0341. The lowest BCUT2D eigenvalue weighted by Crippen LogP contribution is -2.35. The number of aromatic amines is 1. The maximum atomic E-state index is 13.2. The Balaban J connectivity index is 1.21. The number of nitrogens with zero attached hydrogens (tertiary/aromatic N) is 4. The van der Waals surface area contributed by atoms with Crippen LogP contribution in [0.4, 0.5) is 5.69 Å². The number of H-pyrrole nitrogens is 1. The van der Waals surface area contributed by atoms with Crippen molar-refractivity contribution in [2.24, 2.45) is 0 Å².